The molecule has 2 heteroatoms. The first-order valence-corrected chi connectivity index (χ1v) is 7.05. The summed E-state index contributed by atoms with van der Waals surface area (Å²) in [5.74, 6) is 0.202. The van der Waals surface area contributed by atoms with E-state index in [0.29, 0.717) is 0 Å². The van der Waals surface area contributed by atoms with Crippen molar-refractivity contribution in [1.82, 2.24) is 0 Å². The summed E-state index contributed by atoms with van der Waals surface area (Å²) in [5, 5.41) is 9.13. The lowest BCUT2D eigenvalue weighted by Crippen LogP contribution is -2.36. The molecule has 1 fully saturated rings. The highest BCUT2D eigenvalue weighted by atomic mass is 15.1. The molecule has 18 heavy (non-hydrogen) atoms. The molecule has 96 valence electrons. The number of aryl methyl sites for hydroxylation is 2. The Morgan fingerprint density at radius 1 is 1.28 bits per heavy atom. The number of benzene rings is 1. The third kappa shape index (κ3) is 2.51. The minimum atomic E-state index is 0.202. The van der Waals surface area contributed by atoms with Crippen molar-refractivity contribution in [3.63, 3.8) is 0 Å². The van der Waals surface area contributed by atoms with Crippen LogP contribution in [-0.2, 0) is 12.8 Å². The van der Waals surface area contributed by atoms with E-state index in [4.69, 9.17) is 5.26 Å². The summed E-state index contributed by atoms with van der Waals surface area (Å²) >= 11 is 0. The highest BCUT2D eigenvalue weighted by Crippen LogP contribution is 2.30. The van der Waals surface area contributed by atoms with Crippen molar-refractivity contribution in [2.24, 2.45) is 5.92 Å². The Labute approximate surface area is 110 Å². The van der Waals surface area contributed by atoms with Crippen LogP contribution in [0.3, 0.4) is 0 Å². The molecule has 0 amide bonds. The summed E-state index contributed by atoms with van der Waals surface area (Å²) in [6.07, 6.45) is 4.33. The second kappa shape index (κ2) is 5.91. The minimum absolute atomic E-state index is 0.202. The van der Waals surface area contributed by atoms with Crippen LogP contribution in [0.5, 0.6) is 0 Å². The predicted octanol–water partition coefficient (Wildman–Crippen LogP) is 3.55. The lowest BCUT2D eigenvalue weighted by atomic mass is 9.95. The summed E-state index contributed by atoms with van der Waals surface area (Å²) in [6.45, 7) is 6.43. The van der Waals surface area contributed by atoms with Crippen LogP contribution in [0.2, 0.25) is 0 Å². The van der Waals surface area contributed by atoms with Crippen LogP contribution >= 0.6 is 0 Å². The standard InChI is InChI=1S/C16H22N2/c1-3-14-8-5-9-15(4-2)16(14)18-10-6-7-13(11-17)12-18/h5,8-9,13H,3-4,6-7,10,12H2,1-2H3. The fourth-order valence-corrected chi connectivity index (χ4v) is 2.91. The van der Waals surface area contributed by atoms with E-state index in [2.05, 4.69) is 43.0 Å². The maximum absolute atomic E-state index is 9.13. The summed E-state index contributed by atoms with van der Waals surface area (Å²) < 4.78 is 0. The molecule has 1 atom stereocenters. The zero-order valence-corrected chi connectivity index (χ0v) is 11.4. The van der Waals surface area contributed by atoms with Crippen molar-refractivity contribution in [3.05, 3.63) is 29.3 Å². The molecular formula is C16H22N2. The van der Waals surface area contributed by atoms with Gasteiger partial charge in [0.25, 0.3) is 0 Å². The second-order valence-electron chi connectivity index (χ2n) is 5.05. The first-order chi connectivity index (χ1) is 8.80. The van der Waals surface area contributed by atoms with Gasteiger partial charge < -0.3 is 4.90 Å². The molecule has 0 saturated carbocycles. The van der Waals surface area contributed by atoms with E-state index < -0.39 is 0 Å². The minimum Gasteiger partial charge on any atom is -0.370 e. The number of para-hydroxylation sites is 1. The third-order valence-corrected chi connectivity index (χ3v) is 3.89. The van der Waals surface area contributed by atoms with Crippen LogP contribution in [-0.4, -0.2) is 13.1 Å². The van der Waals surface area contributed by atoms with Crippen LogP contribution in [0.15, 0.2) is 18.2 Å². The van der Waals surface area contributed by atoms with E-state index in [9.17, 15) is 0 Å². The van der Waals surface area contributed by atoms with Crippen molar-refractivity contribution in [2.75, 3.05) is 18.0 Å². The molecule has 0 N–H and O–H groups in total. The van der Waals surface area contributed by atoms with Crippen LogP contribution < -0.4 is 4.90 Å². The predicted molar refractivity (Wildman–Crippen MR) is 75.7 cm³/mol. The van der Waals surface area contributed by atoms with Crippen molar-refractivity contribution in [3.8, 4) is 6.07 Å². The maximum Gasteiger partial charge on any atom is 0.0674 e. The molecule has 1 unspecified atom stereocenters. The van der Waals surface area contributed by atoms with E-state index in [0.717, 1.165) is 38.8 Å². The molecule has 0 aromatic heterocycles. The fraction of sp³-hybridized carbons (Fsp3) is 0.562. The number of hydrogen-bond acceptors (Lipinski definition) is 2. The molecule has 1 heterocycles. The largest absolute Gasteiger partial charge is 0.370 e. The SMILES string of the molecule is CCc1cccc(CC)c1N1CCCC(C#N)C1. The van der Waals surface area contributed by atoms with Crippen molar-refractivity contribution >= 4 is 5.69 Å². The molecular weight excluding hydrogens is 220 g/mol. The monoisotopic (exact) mass is 242 g/mol. The van der Waals surface area contributed by atoms with Gasteiger partial charge >= 0.3 is 0 Å². The first-order valence-electron chi connectivity index (χ1n) is 7.05. The van der Waals surface area contributed by atoms with Gasteiger partial charge in [-0.15, -0.1) is 0 Å². The Bertz CT molecular complexity index is 423. The maximum atomic E-state index is 9.13. The van der Waals surface area contributed by atoms with Crippen LogP contribution in [0.25, 0.3) is 0 Å². The number of piperidine rings is 1. The van der Waals surface area contributed by atoms with Gasteiger partial charge in [0.2, 0.25) is 0 Å². The van der Waals surface area contributed by atoms with E-state index in [1.165, 1.54) is 16.8 Å². The Balaban J connectivity index is 2.34. The lowest BCUT2D eigenvalue weighted by molar-refractivity contribution is 0.492. The van der Waals surface area contributed by atoms with Crippen molar-refractivity contribution in [2.45, 2.75) is 39.5 Å². The number of hydrogen-bond donors (Lipinski definition) is 0. The van der Waals surface area contributed by atoms with Crippen LogP contribution in [0.1, 0.15) is 37.8 Å². The molecule has 1 aromatic rings. The highest BCUT2D eigenvalue weighted by Gasteiger charge is 2.22. The van der Waals surface area contributed by atoms with E-state index in [1.54, 1.807) is 0 Å². The average molecular weight is 242 g/mol. The summed E-state index contributed by atoms with van der Waals surface area (Å²) in [7, 11) is 0. The van der Waals surface area contributed by atoms with E-state index in [-0.39, 0.29) is 5.92 Å². The third-order valence-electron chi connectivity index (χ3n) is 3.89. The molecule has 2 nitrogen and oxygen atoms in total. The zero-order valence-electron chi connectivity index (χ0n) is 11.4. The number of nitrogens with zero attached hydrogens (tertiary/aromatic N) is 2. The van der Waals surface area contributed by atoms with E-state index >= 15 is 0 Å². The van der Waals surface area contributed by atoms with Gasteiger partial charge in [0.1, 0.15) is 0 Å². The Hall–Kier alpha value is -1.49. The molecule has 1 aliphatic rings. The Kier molecular flexibility index (Phi) is 4.25. The smallest absolute Gasteiger partial charge is 0.0674 e. The van der Waals surface area contributed by atoms with Gasteiger partial charge in [-0.3, -0.25) is 0 Å². The van der Waals surface area contributed by atoms with Crippen LogP contribution in [0, 0.1) is 17.2 Å². The molecule has 1 aliphatic heterocycles. The summed E-state index contributed by atoms with van der Waals surface area (Å²) in [6, 6.07) is 9.05. The van der Waals surface area contributed by atoms with E-state index in [1.807, 2.05) is 0 Å². The van der Waals surface area contributed by atoms with Gasteiger partial charge in [-0.1, -0.05) is 32.0 Å². The average Bonchev–Trinajstić information content (AvgIpc) is 2.46. The molecule has 0 spiro atoms. The van der Waals surface area contributed by atoms with Gasteiger partial charge in [0, 0.05) is 18.8 Å². The van der Waals surface area contributed by atoms with Gasteiger partial charge in [-0.25, -0.2) is 0 Å². The number of anilines is 1. The Morgan fingerprint density at radius 2 is 1.94 bits per heavy atom. The molecule has 0 radical (unpaired) electrons. The summed E-state index contributed by atoms with van der Waals surface area (Å²) in [4.78, 5) is 2.44. The number of rotatable bonds is 3. The molecule has 2 rings (SSSR count). The quantitative estimate of drug-likeness (QED) is 0.810. The zero-order chi connectivity index (χ0) is 13.0. The molecule has 0 bridgehead atoms. The van der Waals surface area contributed by atoms with Crippen molar-refractivity contribution in [1.29, 1.82) is 5.26 Å². The Morgan fingerprint density at radius 3 is 2.50 bits per heavy atom. The molecule has 1 aromatic carbocycles. The first kappa shape index (κ1) is 13.0. The lowest BCUT2D eigenvalue weighted by Gasteiger charge is -2.34. The highest BCUT2D eigenvalue weighted by molar-refractivity contribution is 5.60. The van der Waals surface area contributed by atoms with Gasteiger partial charge in [-0.05, 0) is 36.8 Å². The normalized spacial score (nSPS) is 19.6. The van der Waals surface area contributed by atoms with Gasteiger partial charge in [-0.2, -0.15) is 5.26 Å². The van der Waals surface area contributed by atoms with Crippen LogP contribution in [0.4, 0.5) is 5.69 Å². The second-order valence-corrected chi connectivity index (χ2v) is 5.05. The number of nitriles is 1. The summed E-state index contributed by atoms with van der Waals surface area (Å²) in [5.41, 5.74) is 4.25. The molecule has 0 aliphatic carbocycles. The molecule has 1 saturated heterocycles. The van der Waals surface area contributed by atoms with Crippen molar-refractivity contribution < 1.29 is 0 Å². The van der Waals surface area contributed by atoms with Gasteiger partial charge in [0.15, 0.2) is 0 Å². The topological polar surface area (TPSA) is 27.0 Å². The van der Waals surface area contributed by atoms with Gasteiger partial charge in [0.05, 0.1) is 12.0 Å². The fourth-order valence-electron chi connectivity index (χ4n) is 2.91.